The molecule has 1 aliphatic rings. The van der Waals surface area contributed by atoms with Gasteiger partial charge in [-0.15, -0.1) is 0 Å². The third-order valence-corrected chi connectivity index (χ3v) is 5.26. The van der Waals surface area contributed by atoms with Gasteiger partial charge in [0.05, 0.1) is 10.2 Å². The molecule has 1 fully saturated rings. The van der Waals surface area contributed by atoms with Crippen molar-refractivity contribution in [3.05, 3.63) is 51.2 Å². The fraction of sp³-hybridized carbons (Fsp3) is 0.412. The van der Waals surface area contributed by atoms with Crippen molar-refractivity contribution in [1.29, 1.82) is 0 Å². The lowest BCUT2D eigenvalue weighted by atomic mass is 10.2. The Kier molecular flexibility index (Phi) is 5.58. The first-order valence-corrected chi connectivity index (χ1v) is 9.12. The van der Waals surface area contributed by atoms with Crippen LogP contribution in [0.1, 0.15) is 11.3 Å². The first-order chi connectivity index (χ1) is 11.5. The standard InChI is InChI=1S/C17H20BrClN4O/c1-13-16(18)11-23(20-13)12-17(24)22-8-6-21(7-9-22)10-14-2-4-15(19)5-3-14/h2-5,11H,6-10,12H2,1H3. The maximum absolute atomic E-state index is 12.4. The predicted octanol–water partition coefficient (Wildman–Crippen LogP) is 2.95. The summed E-state index contributed by atoms with van der Waals surface area (Å²) in [4.78, 5) is 16.7. The van der Waals surface area contributed by atoms with Crippen molar-refractivity contribution < 1.29 is 4.79 Å². The van der Waals surface area contributed by atoms with Crippen molar-refractivity contribution in [1.82, 2.24) is 19.6 Å². The van der Waals surface area contributed by atoms with Gasteiger partial charge < -0.3 is 4.90 Å². The molecule has 0 bridgehead atoms. The van der Waals surface area contributed by atoms with Crippen molar-refractivity contribution in [3.8, 4) is 0 Å². The molecule has 3 rings (SSSR count). The van der Waals surface area contributed by atoms with Crippen LogP contribution in [0.25, 0.3) is 0 Å². The van der Waals surface area contributed by atoms with Crippen LogP contribution >= 0.6 is 27.5 Å². The number of hydrogen-bond acceptors (Lipinski definition) is 3. The molecule has 2 aromatic rings. The molecular weight excluding hydrogens is 392 g/mol. The van der Waals surface area contributed by atoms with E-state index in [4.69, 9.17) is 11.6 Å². The average Bonchev–Trinajstić information content (AvgIpc) is 2.88. The Labute approximate surface area is 155 Å². The zero-order chi connectivity index (χ0) is 17.1. The van der Waals surface area contributed by atoms with Crippen LogP contribution < -0.4 is 0 Å². The molecule has 0 N–H and O–H groups in total. The zero-order valence-electron chi connectivity index (χ0n) is 13.6. The number of piperazine rings is 1. The summed E-state index contributed by atoms with van der Waals surface area (Å²) >= 11 is 9.34. The van der Waals surface area contributed by atoms with Crippen molar-refractivity contribution in [3.63, 3.8) is 0 Å². The van der Waals surface area contributed by atoms with Crippen LogP contribution in [0.2, 0.25) is 5.02 Å². The van der Waals surface area contributed by atoms with Crippen LogP contribution in [0.15, 0.2) is 34.9 Å². The van der Waals surface area contributed by atoms with E-state index in [1.54, 1.807) is 4.68 Å². The lowest BCUT2D eigenvalue weighted by Gasteiger charge is -2.34. The van der Waals surface area contributed by atoms with Crippen LogP contribution in [0.3, 0.4) is 0 Å². The number of rotatable bonds is 4. The third kappa shape index (κ3) is 4.37. The van der Waals surface area contributed by atoms with Crippen molar-refractivity contribution in [2.45, 2.75) is 20.0 Å². The molecule has 1 aliphatic heterocycles. The summed E-state index contributed by atoms with van der Waals surface area (Å²) in [6.07, 6.45) is 1.85. The molecular formula is C17H20BrClN4O. The molecule has 0 spiro atoms. The van der Waals surface area contributed by atoms with E-state index in [-0.39, 0.29) is 5.91 Å². The molecule has 0 atom stereocenters. The van der Waals surface area contributed by atoms with E-state index in [1.165, 1.54) is 5.56 Å². The van der Waals surface area contributed by atoms with Gasteiger partial charge in [0.2, 0.25) is 5.91 Å². The van der Waals surface area contributed by atoms with Crippen LogP contribution in [0.5, 0.6) is 0 Å². The number of carbonyl (C=O) groups excluding carboxylic acids is 1. The second-order valence-corrected chi connectivity index (χ2v) is 7.33. The maximum Gasteiger partial charge on any atom is 0.244 e. The quantitative estimate of drug-likeness (QED) is 0.777. The van der Waals surface area contributed by atoms with Gasteiger partial charge in [-0.3, -0.25) is 14.4 Å². The molecule has 1 saturated heterocycles. The van der Waals surface area contributed by atoms with E-state index < -0.39 is 0 Å². The van der Waals surface area contributed by atoms with Gasteiger partial charge in [0.15, 0.2) is 0 Å². The van der Waals surface area contributed by atoms with Crippen LogP contribution in [-0.4, -0.2) is 51.7 Å². The highest BCUT2D eigenvalue weighted by atomic mass is 79.9. The van der Waals surface area contributed by atoms with E-state index in [0.717, 1.165) is 47.9 Å². The summed E-state index contributed by atoms with van der Waals surface area (Å²) < 4.78 is 2.63. The minimum Gasteiger partial charge on any atom is -0.339 e. The Bertz CT molecular complexity index is 688. The fourth-order valence-electron chi connectivity index (χ4n) is 2.82. The molecule has 7 heteroatoms. The lowest BCUT2D eigenvalue weighted by Crippen LogP contribution is -2.49. The van der Waals surface area contributed by atoms with Crippen LogP contribution in [0.4, 0.5) is 0 Å². The minimum atomic E-state index is 0.121. The van der Waals surface area contributed by atoms with Crippen molar-refractivity contribution in [2.24, 2.45) is 0 Å². The van der Waals surface area contributed by atoms with Crippen molar-refractivity contribution >= 4 is 33.4 Å². The molecule has 0 unspecified atom stereocenters. The first-order valence-electron chi connectivity index (χ1n) is 7.95. The van der Waals surface area contributed by atoms with Gasteiger partial charge >= 0.3 is 0 Å². The number of amides is 1. The number of benzene rings is 1. The summed E-state index contributed by atoms with van der Waals surface area (Å²) in [6, 6.07) is 7.94. The highest BCUT2D eigenvalue weighted by molar-refractivity contribution is 9.10. The Morgan fingerprint density at radius 2 is 1.88 bits per heavy atom. The van der Waals surface area contributed by atoms with Crippen molar-refractivity contribution in [2.75, 3.05) is 26.2 Å². The number of aryl methyl sites for hydroxylation is 1. The van der Waals surface area contributed by atoms with E-state index in [1.807, 2.05) is 30.2 Å². The number of hydrogen-bond donors (Lipinski definition) is 0. The predicted molar refractivity (Wildman–Crippen MR) is 98.0 cm³/mol. The molecule has 1 amide bonds. The molecule has 128 valence electrons. The van der Waals surface area contributed by atoms with Crippen LogP contribution in [-0.2, 0) is 17.9 Å². The van der Waals surface area contributed by atoms with Gasteiger partial charge in [-0.05, 0) is 40.5 Å². The van der Waals surface area contributed by atoms with E-state index in [0.29, 0.717) is 6.54 Å². The van der Waals surface area contributed by atoms with Gasteiger partial charge in [0, 0.05) is 43.9 Å². The lowest BCUT2D eigenvalue weighted by molar-refractivity contribution is -0.133. The molecule has 1 aromatic heterocycles. The monoisotopic (exact) mass is 410 g/mol. The highest BCUT2D eigenvalue weighted by Crippen LogP contribution is 2.15. The van der Waals surface area contributed by atoms with E-state index in [9.17, 15) is 4.79 Å². The Morgan fingerprint density at radius 1 is 1.21 bits per heavy atom. The molecule has 0 saturated carbocycles. The molecule has 2 heterocycles. The maximum atomic E-state index is 12.4. The van der Waals surface area contributed by atoms with Gasteiger partial charge in [0.1, 0.15) is 6.54 Å². The molecule has 5 nitrogen and oxygen atoms in total. The smallest absolute Gasteiger partial charge is 0.244 e. The topological polar surface area (TPSA) is 41.4 Å². The molecule has 24 heavy (non-hydrogen) atoms. The highest BCUT2D eigenvalue weighted by Gasteiger charge is 2.21. The van der Waals surface area contributed by atoms with Gasteiger partial charge in [-0.1, -0.05) is 23.7 Å². The Balaban J connectivity index is 1.49. The molecule has 0 radical (unpaired) electrons. The molecule has 0 aliphatic carbocycles. The zero-order valence-corrected chi connectivity index (χ0v) is 15.9. The van der Waals surface area contributed by atoms with Gasteiger partial charge in [0.25, 0.3) is 0 Å². The summed E-state index contributed by atoms with van der Waals surface area (Å²) in [5.74, 6) is 0.121. The number of aromatic nitrogens is 2. The third-order valence-electron chi connectivity index (χ3n) is 4.23. The summed E-state index contributed by atoms with van der Waals surface area (Å²) in [6.45, 7) is 6.39. The SMILES string of the molecule is Cc1nn(CC(=O)N2CCN(Cc3ccc(Cl)cc3)CC2)cc1Br. The Hall–Kier alpha value is -1.37. The fourth-order valence-corrected chi connectivity index (χ4v) is 3.26. The second kappa shape index (κ2) is 7.68. The summed E-state index contributed by atoms with van der Waals surface area (Å²) in [5, 5.41) is 5.08. The summed E-state index contributed by atoms with van der Waals surface area (Å²) in [5.41, 5.74) is 2.15. The summed E-state index contributed by atoms with van der Waals surface area (Å²) in [7, 11) is 0. The Morgan fingerprint density at radius 3 is 2.46 bits per heavy atom. The van der Waals surface area contributed by atoms with Crippen LogP contribution in [0, 0.1) is 6.92 Å². The largest absolute Gasteiger partial charge is 0.339 e. The normalized spacial score (nSPS) is 15.7. The first kappa shape index (κ1) is 17.5. The minimum absolute atomic E-state index is 0.121. The molecule has 1 aromatic carbocycles. The van der Waals surface area contributed by atoms with Gasteiger partial charge in [-0.2, -0.15) is 5.10 Å². The van der Waals surface area contributed by atoms with E-state index >= 15 is 0 Å². The number of carbonyl (C=O) groups is 1. The number of nitrogens with zero attached hydrogens (tertiary/aromatic N) is 4. The van der Waals surface area contributed by atoms with Gasteiger partial charge in [-0.25, -0.2) is 0 Å². The van der Waals surface area contributed by atoms with E-state index in [2.05, 4.69) is 38.1 Å². The average molecular weight is 412 g/mol. The number of halogens is 2. The second-order valence-electron chi connectivity index (χ2n) is 6.04.